The molecule has 1 aliphatic heterocycles. The van der Waals surface area contributed by atoms with Gasteiger partial charge in [0.1, 0.15) is 12.4 Å². The molecule has 2 fully saturated rings. The number of ether oxygens (including phenoxy) is 1. The predicted octanol–water partition coefficient (Wildman–Crippen LogP) is 1.24. The number of hydrogen-bond donors (Lipinski definition) is 1. The van der Waals surface area contributed by atoms with E-state index in [1.165, 1.54) is 6.92 Å². The van der Waals surface area contributed by atoms with Crippen LogP contribution in [0.5, 0.6) is 5.75 Å². The Morgan fingerprint density at radius 3 is 2.58 bits per heavy atom. The number of sulfonamides is 1. The second kappa shape index (κ2) is 7.11. The quantitative estimate of drug-likeness (QED) is 0.801. The molecule has 1 N–H and O–H groups in total. The van der Waals surface area contributed by atoms with E-state index in [-0.39, 0.29) is 30.2 Å². The second-order valence-electron chi connectivity index (χ2n) is 6.63. The highest BCUT2D eigenvalue weighted by atomic mass is 32.2. The zero-order chi connectivity index (χ0) is 17.2. The van der Waals surface area contributed by atoms with Crippen LogP contribution in [0.15, 0.2) is 30.3 Å². The fourth-order valence-corrected chi connectivity index (χ4v) is 4.42. The number of para-hydroxylation sites is 1. The van der Waals surface area contributed by atoms with Crippen LogP contribution in [-0.2, 0) is 14.8 Å². The summed E-state index contributed by atoms with van der Waals surface area (Å²) in [6.45, 7) is 2.77. The van der Waals surface area contributed by atoms with E-state index in [0.29, 0.717) is 24.8 Å². The van der Waals surface area contributed by atoms with Crippen molar-refractivity contribution in [3.05, 3.63) is 30.3 Å². The summed E-state index contributed by atoms with van der Waals surface area (Å²) >= 11 is 0. The van der Waals surface area contributed by atoms with Crippen molar-refractivity contribution in [1.29, 1.82) is 0 Å². The summed E-state index contributed by atoms with van der Waals surface area (Å²) in [5.41, 5.74) is 0. The zero-order valence-electron chi connectivity index (χ0n) is 13.8. The minimum Gasteiger partial charge on any atom is -0.492 e. The number of carbonyl (C=O) groups is 1. The number of nitrogens with one attached hydrogen (secondary N) is 1. The third-order valence-corrected chi connectivity index (χ3v) is 6.10. The summed E-state index contributed by atoms with van der Waals surface area (Å²) in [7, 11) is -3.44. The molecule has 0 radical (unpaired) electrons. The molecule has 1 aromatic carbocycles. The van der Waals surface area contributed by atoms with Crippen LogP contribution in [0.25, 0.3) is 0 Å². The van der Waals surface area contributed by atoms with Crippen LogP contribution >= 0.6 is 0 Å². The molecule has 1 saturated heterocycles. The Morgan fingerprint density at radius 1 is 1.25 bits per heavy atom. The Hall–Kier alpha value is -1.60. The Bertz CT molecular complexity index is 673. The van der Waals surface area contributed by atoms with Gasteiger partial charge in [-0.3, -0.25) is 4.79 Å². The number of nitrogens with zero attached hydrogens (tertiary/aromatic N) is 1. The van der Waals surface area contributed by atoms with Crippen molar-refractivity contribution in [3.8, 4) is 5.75 Å². The first-order valence-corrected chi connectivity index (χ1v) is 10.0. The van der Waals surface area contributed by atoms with Gasteiger partial charge < -0.3 is 9.64 Å². The van der Waals surface area contributed by atoms with Crippen LogP contribution in [0, 0.1) is 11.8 Å². The van der Waals surface area contributed by atoms with Gasteiger partial charge in [-0.2, -0.15) is 0 Å². The molecule has 1 amide bonds. The summed E-state index contributed by atoms with van der Waals surface area (Å²) < 4.78 is 33.0. The van der Waals surface area contributed by atoms with Crippen molar-refractivity contribution in [2.45, 2.75) is 25.8 Å². The smallest absolute Gasteiger partial charge is 0.219 e. The molecule has 2 aliphatic rings. The fourth-order valence-electron chi connectivity index (χ4n) is 3.29. The van der Waals surface area contributed by atoms with E-state index < -0.39 is 10.0 Å². The molecule has 0 bridgehead atoms. The number of likely N-dealkylation sites (tertiary alicyclic amines) is 1. The van der Waals surface area contributed by atoms with Gasteiger partial charge in [0.15, 0.2) is 0 Å². The summed E-state index contributed by atoms with van der Waals surface area (Å²) in [4.78, 5) is 13.4. The first-order valence-electron chi connectivity index (χ1n) is 8.38. The summed E-state index contributed by atoms with van der Waals surface area (Å²) in [6.07, 6.45) is 2.26. The summed E-state index contributed by atoms with van der Waals surface area (Å²) in [5.74, 6) is 1.36. The maximum atomic E-state index is 12.3. The average molecular weight is 352 g/mol. The minimum absolute atomic E-state index is 0.00904. The van der Waals surface area contributed by atoms with E-state index >= 15 is 0 Å². The van der Waals surface area contributed by atoms with Gasteiger partial charge in [0.25, 0.3) is 0 Å². The van der Waals surface area contributed by atoms with E-state index in [2.05, 4.69) is 4.72 Å². The van der Waals surface area contributed by atoms with Crippen molar-refractivity contribution in [2.24, 2.45) is 11.8 Å². The lowest BCUT2D eigenvalue weighted by atomic mass is 9.99. The molecule has 0 unspecified atom stereocenters. The number of amides is 1. The Balaban J connectivity index is 1.54. The monoisotopic (exact) mass is 352 g/mol. The van der Waals surface area contributed by atoms with Crippen LogP contribution in [0.2, 0.25) is 0 Å². The number of benzene rings is 1. The van der Waals surface area contributed by atoms with Gasteiger partial charge in [0.2, 0.25) is 15.9 Å². The molecule has 1 heterocycles. The zero-order valence-corrected chi connectivity index (χ0v) is 14.7. The van der Waals surface area contributed by atoms with Crippen molar-refractivity contribution < 1.29 is 17.9 Å². The Kier molecular flexibility index (Phi) is 5.10. The highest BCUT2D eigenvalue weighted by Crippen LogP contribution is 2.41. The third-order valence-electron chi connectivity index (χ3n) is 4.73. The van der Waals surface area contributed by atoms with E-state index in [0.717, 1.165) is 12.8 Å². The van der Waals surface area contributed by atoms with Crippen LogP contribution in [-0.4, -0.2) is 50.7 Å². The highest BCUT2D eigenvalue weighted by Gasteiger charge is 2.44. The van der Waals surface area contributed by atoms with Gasteiger partial charge in [0, 0.05) is 26.1 Å². The maximum Gasteiger partial charge on any atom is 0.219 e. The predicted molar refractivity (Wildman–Crippen MR) is 91.1 cm³/mol. The minimum atomic E-state index is -3.44. The van der Waals surface area contributed by atoms with Crippen molar-refractivity contribution in [2.75, 3.05) is 25.4 Å². The molecule has 1 aromatic rings. The molecule has 0 aromatic heterocycles. The molecule has 1 aliphatic carbocycles. The molecular formula is C17H24N2O4S. The highest BCUT2D eigenvalue weighted by molar-refractivity contribution is 7.89. The second-order valence-corrected chi connectivity index (χ2v) is 8.50. The van der Waals surface area contributed by atoms with Crippen LogP contribution in [0.1, 0.15) is 19.8 Å². The van der Waals surface area contributed by atoms with E-state index in [4.69, 9.17) is 4.74 Å². The van der Waals surface area contributed by atoms with Gasteiger partial charge in [-0.25, -0.2) is 13.1 Å². The largest absolute Gasteiger partial charge is 0.492 e. The van der Waals surface area contributed by atoms with E-state index in [9.17, 15) is 13.2 Å². The van der Waals surface area contributed by atoms with Crippen molar-refractivity contribution in [1.82, 2.24) is 9.62 Å². The van der Waals surface area contributed by atoms with Crippen LogP contribution < -0.4 is 9.46 Å². The van der Waals surface area contributed by atoms with Gasteiger partial charge in [-0.05, 0) is 36.8 Å². The molecule has 2 atom stereocenters. The number of rotatable bonds is 7. The van der Waals surface area contributed by atoms with Gasteiger partial charge in [0.05, 0.1) is 5.75 Å². The standard InChI is InChI=1S/C17H24N2O4S/c1-13(20)19-11-16(14-7-8-14)17(12-19)18-24(21,22)10-9-23-15-5-3-2-4-6-15/h2-6,14,16-18H,7-12H2,1H3/t16-,17+/m1/s1. The van der Waals surface area contributed by atoms with E-state index in [1.807, 2.05) is 18.2 Å². The molecule has 24 heavy (non-hydrogen) atoms. The van der Waals surface area contributed by atoms with Crippen molar-refractivity contribution in [3.63, 3.8) is 0 Å². The van der Waals surface area contributed by atoms with Crippen LogP contribution in [0.3, 0.4) is 0 Å². The van der Waals surface area contributed by atoms with Crippen LogP contribution in [0.4, 0.5) is 0 Å². The topological polar surface area (TPSA) is 75.7 Å². The number of carbonyl (C=O) groups excluding carboxylic acids is 1. The molecule has 1 saturated carbocycles. The molecule has 6 nitrogen and oxygen atoms in total. The molecule has 132 valence electrons. The number of hydrogen-bond acceptors (Lipinski definition) is 4. The lowest BCUT2D eigenvalue weighted by molar-refractivity contribution is -0.128. The Labute approximate surface area is 143 Å². The molecule has 3 rings (SSSR count). The molecular weight excluding hydrogens is 328 g/mol. The first kappa shape index (κ1) is 17.2. The lowest BCUT2D eigenvalue weighted by Gasteiger charge is -2.19. The van der Waals surface area contributed by atoms with Gasteiger partial charge in [-0.15, -0.1) is 0 Å². The fraction of sp³-hybridized carbons (Fsp3) is 0.588. The third kappa shape index (κ3) is 4.48. The SMILES string of the molecule is CC(=O)N1C[C@H](NS(=O)(=O)CCOc2ccccc2)[C@@H](C2CC2)C1. The summed E-state index contributed by atoms with van der Waals surface area (Å²) in [6, 6.07) is 8.98. The first-order chi connectivity index (χ1) is 11.4. The molecule has 7 heteroatoms. The van der Waals surface area contributed by atoms with Crippen molar-refractivity contribution >= 4 is 15.9 Å². The van der Waals surface area contributed by atoms with Gasteiger partial charge in [-0.1, -0.05) is 18.2 Å². The lowest BCUT2D eigenvalue weighted by Crippen LogP contribution is -2.43. The average Bonchev–Trinajstić information content (AvgIpc) is 3.29. The van der Waals surface area contributed by atoms with Gasteiger partial charge >= 0.3 is 0 Å². The maximum absolute atomic E-state index is 12.3. The summed E-state index contributed by atoms with van der Waals surface area (Å²) in [5, 5.41) is 0. The normalized spacial score (nSPS) is 24.1. The molecule has 0 spiro atoms. The van der Waals surface area contributed by atoms with E-state index in [1.54, 1.807) is 17.0 Å². The Morgan fingerprint density at radius 2 is 1.96 bits per heavy atom.